The van der Waals surface area contributed by atoms with Crippen molar-refractivity contribution in [2.45, 2.75) is 12.5 Å². The third-order valence-electron chi connectivity index (χ3n) is 2.90. The zero-order chi connectivity index (χ0) is 18.1. The van der Waals surface area contributed by atoms with Crippen molar-refractivity contribution in [2.75, 3.05) is 0 Å². The standard InChI is InChI=1S/C14H7F6NO3/c15-13(16,17)9-4-5-11(12(7-9)21(22)23)8-2-1-3-10(6-8)24-14(18,19)20/h1-7H. The molecule has 0 saturated heterocycles. The number of rotatable bonds is 3. The van der Waals surface area contributed by atoms with Crippen LogP contribution in [0.3, 0.4) is 0 Å². The molecule has 0 amide bonds. The predicted molar refractivity (Wildman–Crippen MR) is 70.2 cm³/mol. The van der Waals surface area contributed by atoms with Gasteiger partial charge in [0.2, 0.25) is 0 Å². The van der Waals surface area contributed by atoms with Gasteiger partial charge in [-0.05, 0) is 29.8 Å². The van der Waals surface area contributed by atoms with Gasteiger partial charge < -0.3 is 4.74 Å². The Kier molecular flexibility index (Phi) is 4.41. The van der Waals surface area contributed by atoms with E-state index in [2.05, 4.69) is 4.74 Å². The van der Waals surface area contributed by atoms with E-state index in [4.69, 9.17) is 0 Å². The van der Waals surface area contributed by atoms with Crippen molar-refractivity contribution in [3.63, 3.8) is 0 Å². The monoisotopic (exact) mass is 351 g/mol. The van der Waals surface area contributed by atoms with Gasteiger partial charge in [-0.2, -0.15) is 13.2 Å². The maximum Gasteiger partial charge on any atom is 0.573 e. The molecule has 0 fully saturated rings. The van der Waals surface area contributed by atoms with Gasteiger partial charge >= 0.3 is 12.5 Å². The van der Waals surface area contributed by atoms with Gasteiger partial charge in [-0.3, -0.25) is 10.1 Å². The molecule has 0 saturated carbocycles. The summed E-state index contributed by atoms with van der Waals surface area (Å²) in [6, 6.07) is 5.94. The van der Waals surface area contributed by atoms with Crippen molar-refractivity contribution in [1.29, 1.82) is 0 Å². The number of nitro groups is 1. The van der Waals surface area contributed by atoms with Crippen LogP contribution in [0, 0.1) is 10.1 Å². The quantitative estimate of drug-likeness (QED) is 0.435. The lowest BCUT2D eigenvalue weighted by molar-refractivity contribution is -0.384. The number of halogens is 6. The Morgan fingerprint density at radius 1 is 0.958 bits per heavy atom. The molecule has 24 heavy (non-hydrogen) atoms. The molecule has 0 unspecified atom stereocenters. The number of hydrogen-bond donors (Lipinski definition) is 0. The number of benzene rings is 2. The molecule has 10 heteroatoms. The van der Waals surface area contributed by atoms with E-state index in [9.17, 15) is 36.5 Å². The minimum atomic E-state index is -4.97. The SMILES string of the molecule is O=[N+]([O-])c1cc(C(F)(F)F)ccc1-c1cccc(OC(F)(F)F)c1. The van der Waals surface area contributed by atoms with Crippen LogP contribution in [-0.2, 0) is 6.18 Å². The van der Waals surface area contributed by atoms with Crippen molar-refractivity contribution in [1.82, 2.24) is 0 Å². The van der Waals surface area contributed by atoms with E-state index in [1.807, 2.05) is 0 Å². The van der Waals surface area contributed by atoms with Gasteiger partial charge in [0, 0.05) is 6.07 Å². The second-order valence-electron chi connectivity index (χ2n) is 4.56. The van der Waals surface area contributed by atoms with Gasteiger partial charge in [-0.25, -0.2) is 0 Å². The Labute approximate surface area is 130 Å². The molecular weight excluding hydrogens is 344 g/mol. The van der Waals surface area contributed by atoms with E-state index in [-0.39, 0.29) is 11.1 Å². The van der Waals surface area contributed by atoms with Crippen LogP contribution in [0.25, 0.3) is 11.1 Å². The summed E-state index contributed by atoms with van der Waals surface area (Å²) in [5, 5.41) is 11.0. The summed E-state index contributed by atoms with van der Waals surface area (Å²) in [5.41, 5.74) is -2.47. The Morgan fingerprint density at radius 3 is 2.17 bits per heavy atom. The molecule has 0 heterocycles. The maximum atomic E-state index is 12.6. The fourth-order valence-corrected chi connectivity index (χ4v) is 1.96. The fourth-order valence-electron chi connectivity index (χ4n) is 1.96. The first-order chi connectivity index (χ1) is 11.0. The molecule has 0 N–H and O–H groups in total. The van der Waals surface area contributed by atoms with E-state index in [1.54, 1.807) is 0 Å². The van der Waals surface area contributed by atoms with Crippen LogP contribution in [0.15, 0.2) is 42.5 Å². The molecule has 0 aliphatic heterocycles. The zero-order valence-electron chi connectivity index (χ0n) is 11.5. The van der Waals surface area contributed by atoms with Crippen LogP contribution < -0.4 is 4.74 Å². The van der Waals surface area contributed by atoms with Gasteiger partial charge in [0.1, 0.15) is 5.75 Å². The van der Waals surface area contributed by atoms with Gasteiger partial charge in [-0.1, -0.05) is 12.1 Å². The smallest absolute Gasteiger partial charge is 0.406 e. The third kappa shape index (κ3) is 4.15. The van der Waals surface area contributed by atoms with Crippen molar-refractivity contribution in [2.24, 2.45) is 0 Å². The molecular formula is C14H7F6NO3. The summed E-state index contributed by atoms with van der Waals surface area (Å²) in [7, 11) is 0. The van der Waals surface area contributed by atoms with Gasteiger partial charge in [0.15, 0.2) is 0 Å². The summed E-state index contributed by atoms with van der Waals surface area (Å²) < 4.78 is 78.3. The highest BCUT2D eigenvalue weighted by molar-refractivity contribution is 5.75. The average Bonchev–Trinajstić information content (AvgIpc) is 2.44. The summed E-state index contributed by atoms with van der Waals surface area (Å²) in [6.07, 6.45) is -9.75. The second-order valence-corrected chi connectivity index (χ2v) is 4.56. The van der Waals surface area contributed by atoms with E-state index in [1.165, 1.54) is 6.07 Å². The van der Waals surface area contributed by atoms with Crippen molar-refractivity contribution in [3.05, 3.63) is 58.1 Å². The van der Waals surface area contributed by atoms with Gasteiger partial charge in [-0.15, -0.1) is 13.2 Å². The fraction of sp³-hybridized carbons (Fsp3) is 0.143. The first-order valence-electron chi connectivity index (χ1n) is 6.19. The molecule has 2 rings (SSSR count). The molecule has 128 valence electrons. The Morgan fingerprint density at radius 2 is 1.62 bits per heavy atom. The number of ether oxygens (including phenoxy) is 1. The highest BCUT2D eigenvalue weighted by Gasteiger charge is 2.34. The largest absolute Gasteiger partial charge is 0.573 e. The molecule has 0 atom stereocenters. The molecule has 0 spiro atoms. The minimum absolute atomic E-state index is 0.0859. The molecule has 4 nitrogen and oxygen atoms in total. The highest BCUT2D eigenvalue weighted by atomic mass is 19.4. The van der Waals surface area contributed by atoms with E-state index >= 15 is 0 Å². The summed E-state index contributed by atoms with van der Waals surface area (Å²) in [6.45, 7) is 0. The Bertz CT molecular complexity index is 770. The molecule has 2 aromatic carbocycles. The first kappa shape index (κ1) is 17.6. The van der Waals surface area contributed by atoms with Crippen LogP contribution in [0.1, 0.15) is 5.56 Å². The Hall–Kier alpha value is -2.78. The topological polar surface area (TPSA) is 52.4 Å². The first-order valence-corrected chi connectivity index (χ1v) is 6.19. The van der Waals surface area contributed by atoms with Crippen molar-refractivity contribution < 1.29 is 36.0 Å². The molecule has 0 aliphatic carbocycles. The highest BCUT2D eigenvalue weighted by Crippen LogP contribution is 2.38. The van der Waals surface area contributed by atoms with Crippen LogP contribution in [0.5, 0.6) is 5.75 Å². The van der Waals surface area contributed by atoms with Gasteiger partial charge in [0.05, 0.1) is 16.1 Å². The predicted octanol–water partition coefficient (Wildman–Crippen LogP) is 5.18. The Balaban J connectivity index is 2.52. The zero-order valence-corrected chi connectivity index (χ0v) is 11.5. The number of hydrogen-bond acceptors (Lipinski definition) is 3. The number of alkyl halides is 6. The molecule has 0 aromatic heterocycles. The van der Waals surface area contributed by atoms with Crippen molar-refractivity contribution >= 4 is 5.69 Å². The van der Waals surface area contributed by atoms with E-state index in [0.717, 1.165) is 24.3 Å². The third-order valence-corrected chi connectivity index (χ3v) is 2.90. The number of nitrogens with zero attached hydrogens (tertiary/aromatic N) is 1. The summed E-state index contributed by atoms with van der Waals surface area (Å²) in [5.74, 6) is -0.644. The van der Waals surface area contributed by atoms with Crippen molar-refractivity contribution in [3.8, 4) is 16.9 Å². The van der Waals surface area contributed by atoms with Gasteiger partial charge in [0.25, 0.3) is 5.69 Å². The molecule has 0 bridgehead atoms. The number of nitro benzene ring substituents is 1. The van der Waals surface area contributed by atoms with Crippen LogP contribution in [0.4, 0.5) is 32.0 Å². The molecule has 0 aliphatic rings. The lowest BCUT2D eigenvalue weighted by atomic mass is 10.0. The van der Waals surface area contributed by atoms with Crippen LogP contribution in [-0.4, -0.2) is 11.3 Å². The summed E-state index contributed by atoms with van der Waals surface area (Å²) in [4.78, 5) is 9.98. The van der Waals surface area contributed by atoms with E-state index < -0.39 is 34.5 Å². The van der Waals surface area contributed by atoms with Crippen LogP contribution in [0.2, 0.25) is 0 Å². The second kappa shape index (κ2) is 6.02. The van der Waals surface area contributed by atoms with E-state index in [0.29, 0.717) is 12.1 Å². The summed E-state index contributed by atoms with van der Waals surface area (Å²) >= 11 is 0. The lowest BCUT2D eigenvalue weighted by Gasteiger charge is -2.11. The molecule has 2 aromatic rings. The molecule has 0 radical (unpaired) electrons. The average molecular weight is 351 g/mol. The minimum Gasteiger partial charge on any atom is -0.406 e. The lowest BCUT2D eigenvalue weighted by Crippen LogP contribution is -2.17. The maximum absolute atomic E-state index is 12.6. The normalized spacial score (nSPS) is 12.1. The van der Waals surface area contributed by atoms with Crippen LogP contribution >= 0.6 is 0 Å².